The number of methoxy groups -OCH3 is 1. The van der Waals surface area contributed by atoms with Crippen molar-refractivity contribution in [1.82, 2.24) is 0 Å². The lowest BCUT2D eigenvalue weighted by Gasteiger charge is -2.13. The minimum absolute atomic E-state index is 0.312. The van der Waals surface area contributed by atoms with Crippen molar-refractivity contribution in [3.8, 4) is 11.5 Å². The largest absolute Gasteiger partial charge is 0.493 e. The summed E-state index contributed by atoms with van der Waals surface area (Å²) in [6.45, 7) is 2.03. The van der Waals surface area contributed by atoms with E-state index in [-0.39, 0.29) is 5.97 Å². The zero-order chi connectivity index (χ0) is 16.2. The van der Waals surface area contributed by atoms with E-state index < -0.39 is 0 Å². The summed E-state index contributed by atoms with van der Waals surface area (Å²) < 4.78 is 11.4. The number of thiophene rings is 1. The second kappa shape index (κ2) is 7.64. The fourth-order valence-electron chi connectivity index (χ4n) is 2.41. The number of carbonyl (C=O) groups excluding carboxylic acids is 1. The molecule has 0 spiro atoms. The summed E-state index contributed by atoms with van der Waals surface area (Å²) in [6.07, 6.45) is 0.820. The fourth-order valence-corrected chi connectivity index (χ4v) is 6.11. The quantitative estimate of drug-likeness (QED) is 0.549. The number of aryl methyl sites for hydroxylation is 1. The van der Waals surface area contributed by atoms with E-state index in [2.05, 4.69) is 0 Å². The van der Waals surface area contributed by atoms with Gasteiger partial charge in [0.1, 0.15) is 4.88 Å². The summed E-state index contributed by atoms with van der Waals surface area (Å²) in [5, 5.41) is 1.92. The number of hydrogen-bond acceptors (Lipinski definition) is 6. The number of esters is 1. The predicted octanol–water partition coefficient (Wildman–Crippen LogP) is 5.02. The Kier molecular flexibility index (Phi) is 5.56. The van der Waals surface area contributed by atoms with Gasteiger partial charge >= 0.3 is 5.97 Å². The van der Waals surface area contributed by atoms with Crippen LogP contribution < -0.4 is 9.47 Å². The molecular weight excluding hydrogens is 348 g/mol. The Labute approximate surface area is 148 Å². The normalized spacial score (nSPS) is 14.9. The summed E-state index contributed by atoms with van der Waals surface area (Å²) in [4.78, 5) is 13.1. The molecule has 3 nitrogen and oxygen atoms in total. The molecule has 3 rings (SSSR count). The van der Waals surface area contributed by atoms with E-state index in [0.717, 1.165) is 12.0 Å². The maximum atomic E-state index is 12.4. The summed E-state index contributed by atoms with van der Waals surface area (Å²) in [5.41, 5.74) is 2.23. The van der Waals surface area contributed by atoms with Crippen molar-refractivity contribution >= 4 is 40.8 Å². The number of ether oxygens (including phenoxy) is 2. The highest BCUT2D eigenvalue weighted by Crippen LogP contribution is 2.47. The molecule has 0 unspecified atom stereocenters. The Bertz CT molecular complexity index is 690. The molecule has 1 aliphatic rings. The van der Waals surface area contributed by atoms with Gasteiger partial charge in [-0.1, -0.05) is 13.0 Å². The Hall–Kier alpha value is -1.11. The van der Waals surface area contributed by atoms with E-state index in [0.29, 0.717) is 21.0 Å². The number of rotatable bonds is 5. The molecule has 1 saturated heterocycles. The third-order valence-corrected chi connectivity index (χ3v) is 7.64. The predicted molar refractivity (Wildman–Crippen MR) is 99.3 cm³/mol. The van der Waals surface area contributed by atoms with Crippen LogP contribution in [0.15, 0.2) is 29.6 Å². The smallest absolute Gasteiger partial charge is 0.354 e. The van der Waals surface area contributed by atoms with Gasteiger partial charge in [-0.05, 0) is 41.1 Å². The first-order valence-electron chi connectivity index (χ1n) is 7.42. The van der Waals surface area contributed by atoms with Crippen LogP contribution in [0.3, 0.4) is 0 Å². The Balaban J connectivity index is 1.80. The summed E-state index contributed by atoms with van der Waals surface area (Å²) >= 11 is 5.29. The molecule has 0 atom stereocenters. The van der Waals surface area contributed by atoms with Crippen LogP contribution in [-0.4, -0.2) is 24.6 Å². The van der Waals surface area contributed by atoms with E-state index in [9.17, 15) is 4.79 Å². The van der Waals surface area contributed by atoms with E-state index in [1.54, 1.807) is 7.11 Å². The Morgan fingerprint density at radius 1 is 1.22 bits per heavy atom. The first kappa shape index (κ1) is 16.7. The van der Waals surface area contributed by atoms with Gasteiger partial charge in [0.05, 0.1) is 11.7 Å². The second-order valence-corrected chi connectivity index (χ2v) is 8.64. The van der Waals surface area contributed by atoms with Gasteiger partial charge in [-0.2, -0.15) is 0 Å². The second-order valence-electron chi connectivity index (χ2n) is 5.00. The van der Waals surface area contributed by atoms with Crippen LogP contribution in [0, 0.1) is 0 Å². The van der Waals surface area contributed by atoms with Gasteiger partial charge in [0.15, 0.2) is 11.5 Å². The fraction of sp³-hybridized carbons (Fsp3) is 0.353. The molecule has 23 heavy (non-hydrogen) atoms. The molecule has 0 radical (unpaired) electrons. The average Bonchev–Trinajstić information content (AvgIpc) is 3.26. The zero-order valence-electron chi connectivity index (χ0n) is 13.0. The van der Waals surface area contributed by atoms with Crippen molar-refractivity contribution in [2.24, 2.45) is 0 Å². The minimum Gasteiger partial charge on any atom is -0.493 e. The summed E-state index contributed by atoms with van der Waals surface area (Å²) in [7, 11) is 1.61. The lowest BCUT2D eigenvalue weighted by atomic mass is 10.2. The van der Waals surface area contributed by atoms with Gasteiger partial charge < -0.3 is 9.47 Å². The van der Waals surface area contributed by atoms with Crippen LogP contribution in [0.5, 0.6) is 11.5 Å². The van der Waals surface area contributed by atoms with Crippen LogP contribution >= 0.6 is 34.9 Å². The van der Waals surface area contributed by atoms with Crippen molar-refractivity contribution in [3.05, 3.63) is 45.6 Å². The molecule has 2 heterocycles. The standard InChI is InChI=1S/C17H18O3S3/c1-3-11-6-7-21-15(11)16(18)20-13-5-4-12(10-14(13)19-2)17-22-8-9-23-17/h4-7,10,17H,3,8-9H2,1-2H3. The van der Waals surface area contributed by atoms with Gasteiger partial charge in [-0.3, -0.25) is 0 Å². The van der Waals surface area contributed by atoms with Gasteiger partial charge in [-0.25, -0.2) is 4.79 Å². The zero-order valence-corrected chi connectivity index (χ0v) is 15.5. The van der Waals surface area contributed by atoms with Crippen LogP contribution in [0.25, 0.3) is 0 Å². The van der Waals surface area contributed by atoms with Crippen LogP contribution in [0.1, 0.15) is 32.3 Å². The SMILES string of the molecule is CCc1ccsc1C(=O)Oc1ccc(C2SCCS2)cc1OC. The van der Waals surface area contributed by atoms with E-state index in [4.69, 9.17) is 9.47 Å². The highest BCUT2D eigenvalue weighted by molar-refractivity contribution is 8.19. The van der Waals surface area contributed by atoms with Gasteiger partial charge in [0, 0.05) is 11.5 Å². The molecule has 0 aliphatic carbocycles. The monoisotopic (exact) mass is 366 g/mol. The molecular formula is C17H18O3S3. The molecule has 0 bridgehead atoms. The first-order chi connectivity index (χ1) is 11.2. The first-order valence-corrected chi connectivity index (χ1v) is 10.4. The van der Waals surface area contributed by atoms with Gasteiger partial charge in [-0.15, -0.1) is 34.9 Å². The number of thioether (sulfide) groups is 2. The third kappa shape index (κ3) is 3.70. The van der Waals surface area contributed by atoms with E-state index in [1.165, 1.54) is 28.4 Å². The van der Waals surface area contributed by atoms with Crippen molar-refractivity contribution in [1.29, 1.82) is 0 Å². The molecule has 1 aliphatic heterocycles. The topological polar surface area (TPSA) is 35.5 Å². The summed E-state index contributed by atoms with van der Waals surface area (Å²) in [6, 6.07) is 7.81. The molecule has 1 aromatic carbocycles. The molecule has 1 fully saturated rings. The highest BCUT2D eigenvalue weighted by atomic mass is 32.2. The third-order valence-electron chi connectivity index (χ3n) is 3.60. The Morgan fingerprint density at radius 3 is 2.70 bits per heavy atom. The van der Waals surface area contributed by atoms with Gasteiger partial charge in [0.25, 0.3) is 0 Å². The average molecular weight is 367 g/mol. The Morgan fingerprint density at radius 2 is 2.00 bits per heavy atom. The lowest BCUT2D eigenvalue weighted by molar-refractivity contribution is 0.0734. The molecule has 1 aromatic heterocycles. The molecule has 0 N–H and O–H groups in total. The van der Waals surface area contributed by atoms with Crippen molar-refractivity contribution in [2.75, 3.05) is 18.6 Å². The highest BCUT2D eigenvalue weighted by Gasteiger charge is 2.21. The molecule has 2 aromatic rings. The van der Waals surface area contributed by atoms with Crippen molar-refractivity contribution in [3.63, 3.8) is 0 Å². The number of hydrogen-bond donors (Lipinski definition) is 0. The van der Waals surface area contributed by atoms with Crippen LogP contribution in [0.4, 0.5) is 0 Å². The van der Waals surface area contributed by atoms with Crippen LogP contribution in [-0.2, 0) is 6.42 Å². The maximum Gasteiger partial charge on any atom is 0.354 e. The maximum absolute atomic E-state index is 12.4. The van der Waals surface area contributed by atoms with Crippen molar-refractivity contribution in [2.45, 2.75) is 17.9 Å². The lowest BCUT2D eigenvalue weighted by Crippen LogP contribution is -2.09. The van der Waals surface area contributed by atoms with E-state index >= 15 is 0 Å². The van der Waals surface area contributed by atoms with Gasteiger partial charge in [0.2, 0.25) is 0 Å². The molecule has 122 valence electrons. The number of benzene rings is 1. The van der Waals surface area contributed by atoms with Crippen LogP contribution in [0.2, 0.25) is 0 Å². The van der Waals surface area contributed by atoms with Crippen molar-refractivity contribution < 1.29 is 14.3 Å². The molecule has 6 heteroatoms. The summed E-state index contributed by atoms with van der Waals surface area (Å²) in [5.74, 6) is 3.12. The molecule has 0 saturated carbocycles. The van der Waals surface area contributed by atoms with E-state index in [1.807, 2.05) is 60.1 Å². The number of carbonyl (C=O) groups is 1. The minimum atomic E-state index is -0.312. The molecule has 0 amide bonds.